The van der Waals surface area contributed by atoms with Crippen LogP contribution in [0.15, 0.2) is 18.2 Å². The molecule has 0 amide bonds. The van der Waals surface area contributed by atoms with Crippen LogP contribution in [0.25, 0.3) is 0 Å². The molecule has 1 N–H and O–H groups in total. The Morgan fingerprint density at radius 3 is 2.62 bits per heavy atom. The minimum absolute atomic E-state index is 0.134. The summed E-state index contributed by atoms with van der Waals surface area (Å²) in [5.74, 6) is -0.134. The van der Waals surface area contributed by atoms with Gasteiger partial charge < -0.3 is 10.2 Å². The van der Waals surface area contributed by atoms with Crippen LogP contribution < -0.4 is 5.32 Å². The van der Waals surface area contributed by atoms with Gasteiger partial charge in [0, 0.05) is 19.1 Å². The number of nitrogens with one attached hydrogen (secondary N) is 1. The molecule has 0 fully saturated rings. The average Bonchev–Trinajstić information content (AvgIpc) is 2.19. The molecule has 0 spiro atoms. The van der Waals surface area contributed by atoms with Gasteiger partial charge in [0.2, 0.25) is 0 Å². The Kier molecular flexibility index (Phi) is 4.90. The SMILES string of the molecule is Cc1cc(CNC(C)CN(C)C)ccc1F. The van der Waals surface area contributed by atoms with Crippen molar-refractivity contribution in [1.29, 1.82) is 0 Å². The van der Waals surface area contributed by atoms with E-state index in [-0.39, 0.29) is 5.82 Å². The second-order valence-electron chi connectivity index (χ2n) is 4.63. The largest absolute Gasteiger partial charge is 0.309 e. The molecule has 0 bridgehead atoms. The van der Waals surface area contributed by atoms with Crippen LogP contribution >= 0.6 is 0 Å². The highest BCUT2D eigenvalue weighted by molar-refractivity contribution is 5.23. The summed E-state index contributed by atoms with van der Waals surface area (Å²) in [6.45, 7) is 5.73. The summed E-state index contributed by atoms with van der Waals surface area (Å²) in [5, 5.41) is 3.41. The summed E-state index contributed by atoms with van der Waals surface area (Å²) in [6, 6.07) is 5.69. The summed E-state index contributed by atoms with van der Waals surface area (Å²) >= 11 is 0. The lowest BCUT2D eigenvalue weighted by Crippen LogP contribution is -2.35. The van der Waals surface area contributed by atoms with Crippen molar-refractivity contribution in [3.05, 3.63) is 35.1 Å². The second-order valence-corrected chi connectivity index (χ2v) is 4.63. The second kappa shape index (κ2) is 5.97. The first kappa shape index (κ1) is 13.1. The highest BCUT2D eigenvalue weighted by Crippen LogP contribution is 2.09. The van der Waals surface area contributed by atoms with Crippen LogP contribution in [0.2, 0.25) is 0 Å². The average molecular weight is 224 g/mol. The third-order valence-corrected chi connectivity index (χ3v) is 2.52. The highest BCUT2D eigenvalue weighted by Gasteiger charge is 2.03. The van der Waals surface area contributed by atoms with E-state index in [2.05, 4.69) is 31.2 Å². The molecule has 1 aromatic rings. The lowest BCUT2D eigenvalue weighted by molar-refractivity contribution is 0.349. The van der Waals surface area contributed by atoms with Gasteiger partial charge >= 0.3 is 0 Å². The van der Waals surface area contributed by atoms with Crippen molar-refractivity contribution in [3.8, 4) is 0 Å². The summed E-state index contributed by atoms with van der Waals surface area (Å²) in [6.07, 6.45) is 0. The van der Waals surface area contributed by atoms with E-state index in [1.165, 1.54) is 6.07 Å². The van der Waals surface area contributed by atoms with Crippen molar-refractivity contribution in [2.75, 3.05) is 20.6 Å². The van der Waals surface area contributed by atoms with E-state index < -0.39 is 0 Å². The molecule has 0 aliphatic rings. The Labute approximate surface area is 97.5 Å². The van der Waals surface area contributed by atoms with Gasteiger partial charge in [-0.05, 0) is 45.1 Å². The van der Waals surface area contributed by atoms with Gasteiger partial charge in [-0.2, -0.15) is 0 Å². The Bertz CT molecular complexity index is 337. The molecule has 1 rings (SSSR count). The van der Waals surface area contributed by atoms with E-state index in [9.17, 15) is 4.39 Å². The smallest absolute Gasteiger partial charge is 0.126 e. The lowest BCUT2D eigenvalue weighted by atomic mass is 10.1. The molecular weight excluding hydrogens is 203 g/mol. The van der Waals surface area contributed by atoms with Crippen LogP contribution in [0.5, 0.6) is 0 Å². The van der Waals surface area contributed by atoms with E-state index in [4.69, 9.17) is 0 Å². The van der Waals surface area contributed by atoms with E-state index in [1.54, 1.807) is 6.92 Å². The first-order chi connectivity index (χ1) is 7.49. The van der Waals surface area contributed by atoms with Gasteiger partial charge in [-0.1, -0.05) is 12.1 Å². The molecule has 0 radical (unpaired) electrons. The topological polar surface area (TPSA) is 15.3 Å². The van der Waals surface area contributed by atoms with Gasteiger partial charge in [-0.25, -0.2) is 4.39 Å². The molecule has 16 heavy (non-hydrogen) atoms. The van der Waals surface area contributed by atoms with Crippen molar-refractivity contribution in [3.63, 3.8) is 0 Å². The summed E-state index contributed by atoms with van der Waals surface area (Å²) in [5.41, 5.74) is 1.84. The number of benzene rings is 1. The molecule has 1 aromatic carbocycles. The number of rotatable bonds is 5. The molecule has 2 nitrogen and oxygen atoms in total. The maximum Gasteiger partial charge on any atom is 0.126 e. The molecule has 0 aliphatic heterocycles. The Morgan fingerprint density at radius 1 is 1.38 bits per heavy atom. The summed E-state index contributed by atoms with van der Waals surface area (Å²) in [7, 11) is 4.11. The normalized spacial score (nSPS) is 13.1. The van der Waals surface area contributed by atoms with E-state index in [1.807, 2.05) is 12.1 Å². The lowest BCUT2D eigenvalue weighted by Gasteiger charge is -2.18. The standard InChI is InChI=1S/C13H21FN2/c1-10-7-12(5-6-13(10)14)8-15-11(2)9-16(3)4/h5-7,11,15H,8-9H2,1-4H3. The van der Waals surface area contributed by atoms with E-state index in [0.29, 0.717) is 11.6 Å². The first-order valence-corrected chi connectivity index (χ1v) is 5.62. The maximum absolute atomic E-state index is 13.0. The number of likely N-dealkylation sites (N-methyl/N-ethyl adjacent to an activating group) is 1. The molecule has 1 unspecified atom stereocenters. The maximum atomic E-state index is 13.0. The van der Waals surface area contributed by atoms with Gasteiger partial charge in [0.15, 0.2) is 0 Å². The Hall–Kier alpha value is -0.930. The third-order valence-electron chi connectivity index (χ3n) is 2.52. The quantitative estimate of drug-likeness (QED) is 0.824. The number of nitrogens with zero attached hydrogens (tertiary/aromatic N) is 1. The number of aryl methyl sites for hydroxylation is 1. The number of hydrogen-bond acceptors (Lipinski definition) is 2. The van der Waals surface area contributed by atoms with Gasteiger partial charge in [0.1, 0.15) is 5.82 Å². The summed E-state index contributed by atoms with van der Waals surface area (Å²) < 4.78 is 13.0. The molecule has 0 aliphatic carbocycles. The van der Waals surface area contributed by atoms with Crippen molar-refractivity contribution in [2.24, 2.45) is 0 Å². The molecule has 0 saturated carbocycles. The van der Waals surface area contributed by atoms with Crippen LogP contribution in [0.4, 0.5) is 4.39 Å². The fraction of sp³-hybridized carbons (Fsp3) is 0.538. The van der Waals surface area contributed by atoms with Crippen LogP contribution in [0.1, 0.15) is 18.1 Å². The zero-order valence-electron chi connectivity index (χ0n) is 10.5. The van der Waals surface area contributed by atoms with Gasteiger partial charge in [-0.15, -0.1) is 0 Å². The first-order valence-electron chi connectivity index (χ1n) is 5.62. The fourth-order valence-electron chi connectivity index (χ4n) is 1.72. The van der Waals surface area contributed by atoms with Gasteiger partial charge in [0.25, 0.3) is 0 Å². The van der Waals surface area contributed by atoms with Crippen LogP contribution in [0.3, 0.4) is 0 Å². The molecule has 0 heterocycles. The molecule has 0 saturated heterocycles. The summed E-state index contributed by atoms with van der Waals surface area (Å²) in [4.78, 5) is 2.15. The van der Waals surface area contributed by atoms with Crippen molar-refractivity contribution < 1.29 is 4.39 Å². The van der Waals surface area contributed by atoms with Crippen molar-refractivity contribution in [2.45, 2.75) is 26.4 Å². The van der Waals surface area contributed by atoms with Crippen LogP contribution in [-0.4, -0.2) is 31.6 Å². The molecular formula is C13H21FN2. The van der Waals surface area contributed by atoms with Gasteiger partial charge in [0.05, 0.1) is 0 Å². The fourth-order valence-corrected chi connectivity index (χ4v) is 1.72. The Balaban J connectivity index is 2.45. The number of halogens is 1. The molecule has 0 aromatic heterocycles. The molecule has 90 valence electrons. The Morgan fingerprint density at radius 2 is 2.06 bits per heavy atom. The van der Waals surface area contributed by atoms with Crippen molar-refractivity contribution >= 4 is 0 Å². The van der Waals surface area contributed by atoms with Crippen LogP contribution in [-0.2, 0) is 6.54 Å². The predicted octanol–water partition coefficient (Wildman–Crippen LogP) is 2.17. The van der Waals surface area contributed by atoms with E-state index in [0.717, 1.165) is 18.7 Å². The highest BCUT2D eigenvalue weighted by atomic mass is 19.1. The van der Waals surface area contributed by atoms with Gasteiger partial charge in [-0.3, -0.25) is 0 Å². The van der Waals surface area contributed by atoms with Crippen LogP contribution in [0, 0.1) is 12.7 Å². The van der Waals surface area contributed by atoms with Crippen molar-refractivity contribution in [1.82, 2.24) is 10.2 Å². The zero-order chi connectivity index (χ0) is 12.1. The minimum Gasteiger partial charge on any atom is -0.309 e. The molecule has 1 atom stereocenters. The zero-order valence-corrected chi connectivity index (χ0v) is 10.5. The number of hydrogen-bond donors (Lipinski definition) is 1. The third kappa shape index (κ3) is 4.29. The predicted molar refractivity (Wildman–Crippen MR) is 66.0 cm³/mol. The van der Waals surface area contributed by atoms with E-state index >= 15 is 0 Å². The monoisotopic (exact) mass is 224 g/mol. The minimum atomic E-state index is -0.134. The molecule has 3 heteroatoms.